The minimum atomic E-state index is -0.451. The van der Waals surface area contributed by atoms with E-state index in [1.807, 2.05) is 51.1 Å². The van der Waals surface area contributed by atoms with Crippen molar-refractivity contribution in [1.82, 2.24) is 0 Å². The zero-order valence-corrected chi connectivity index (χ0v) is 13.8. The number of anilines is 1. The average Bonchev–Trinajstić information content (AvgIpc) is 2.88. The van der Waals surface area contributed by atoms with Crippen LogP contribution in [0.15, 0.2) is 30.3 Å². The monoisotopic (exact) mass is 317 g/mol. The van der Waals surface area contributed by atoms with Crippen LogP contribution in [0.4, 0.5) is 5.69 Å². The first-order chi connectivity index (χ1) is 10.5. The van der Waals surface area contributed by atoms with Crippen molar-refractivity contribution in [3.8, 4) is 0 Å². The van der Waals surface area contributed by atoms with Crippen LogP contribution in [-0.4, -0.2) is 18.5 Å². The van der Waals surface area contributed by atoms with Crippen molar-refractivity contribution in [3.05, 3.63) is 51.2 Å². The Balaban J connectivity index is 1.90. The molecule has 1 N–H and O–H groups in total. The Morgan fingerprint density at radius 2 is 1.91 bits per heavy atom. The predicted octanol–water partition coefficient (Wildman–Crippen LogP) is 3.72. The van der Waals surface area contributed by atoms with Gasteiger partial charge in [-0.25, -0.2) is 4.79 Å². The summed E-state index contributed by atoms with van der Waals surface area (Å²) in [6.07, 6.45) is 0.886. The summed E-state index contributed by atoms with van der Waals surface area (Å²) in [7, 11) is 0. The summed E-state index contributed by atoms with van der Waals surface area (Å²) in [6, 6.07) is 9.27. The Morgan fingerprint density at radius 3 is 2.55 bits per heavy atom. The molecule has 0 aliphatic carbocycles. The van der Waals surface area contributed by atoms with Crippen molar-refractivity contribution >= 4 is 28.9 Å². The van der Waals surface area contributed by atoms with Crippen molar-refractivity contribution in [2.75, 3.05) is 11.9 Å². The van der Waals surface area contributed by atoms with Gasteiger partial charge >= 0.3 is 5.97 Å². The molecule has 2 aromatic rings. The summed E-state index contributed by atoms with van der Waals surface area (Å²) in [5.74, 6) is -0.792. The second-order valence-electron chi connectivity index (χ2n) is 5.01. The van der Waals surface area contributed by atoms with E-state index in [4.69, 9.17) is 4.74 Å². The predicted molar refractivity (Wildman–Crippen MR) is 88.5 cm³/mol. The van der Waals surface area contributed by atoms with E-state index in [1.165, 1.54) is 11.3 Å². The maximum atomic E-state index is 12.0. The first-order valence-corrected chi connectivity index (χ1v) is 7.94. The molecule has 0 atom stereocenters. The van der Waals surface area contributed by atoms with Gasteiger partial charge in [0.25, 0.3) is 5.91 Å². The Bertz CT molecular complexity index is 691. The summed E-state index contributed by atoms with van der Waals surface area (Å²) in [6.45, 7) is 5.63. The van der Waals surface area contributed by atoms with Gasteiger partial charge in [0.1, 0.15) is 4.88 Å². The van der Waals surface area contributed by atoms with Gasteiger partial charge in [-0.3, -0.25) is 4.79 Å². The Hall–Kier alpha value is -2.14. The average molecular weight is 317 g/mol. The van der Waals surface area contributed by atoms with E-state index in [0.717, 1.165) is 28.1 Å². The molecular formula is C17H19NO3S. The third-order valence-electron chi connectivity index (χ3n) is 3.30. The summed E-state index contributed by atoms with van der Waals surface area (Å²) >= 11 is 1.42. The van der Waals surface area contributed by atoms with Gasteiger partial charge in [0.2, 0.25) is 0 Å². The molecule has 1 amide bonds. The van der Waals surface area contributed by atoms with E-state index in [-0.39, 0.29) is 12.5 Å². The minimum absolute atomic E-state index is 0.286. The molecule has 0 radical (unpaired) electrons. The van der Waals surface area contributed by atoms with Crippen molar-refractivity contribution in [2.45, 2.75) is 27.2 Å². The van der Waals surface area contributed by atoms with Gasteiger partial charge in [-0.2, -0.15) is 0 Å². The lowest BCUT2D eigenvalue weighted by Crippen LogP contribution is -2.21. The number of esters is 1. The quantitative estimate of drug-likeness (QED) is 0.855. The molecule has 1 aromatic heterocycles. The molecule has 2 rings (SSSR count). The molecule has 0 spiro atoms. The van der Waals surface area contributed by atoms with E-state index in [0.29, 0.717) is 4.88 Å². The molecular weight excluding hydrogens is 298 g/mol. The lowest BCUT2D eigenvalue weighted by atomic mass is 10.2. The van der Waals surface area contributed by atoms with Gasteiger partial charge < -0.3 is 10.1 Å². The number of carbonyl (C=O) groups is 2. The normalized spacial score (nSPS) is 10.3. The van der Waals surface area contributed by atoms with E-state index in [9.17, 15) is 9.59 Å². The molecule has 0 fully saturated rings. The van der Waals surface area contributed by atoms with Gasteiger partial charge in [-0.1, -0.05) is 25.1 Å². The third kappa shape index (κ3) is 3.95. The number of ether oxygens (including phenoxy) is 1. The number of benzene rings is 1. The molecule has 0 aliphatic heterocycles. The van der Waals surface area contributed by atoms with Crippen LogP contribution >= 0.6 is 11.3 Å². The topological polar surface area (TPSA) is 55.4 Å². The van der Waals surface area contributed by atoms with Crippen LogP contribution in [0.3, 0.4) is 0 Å². The number of carbonyl (C=O) groups excluding carboxylic acids is 2. The number of hydrogen-bond acceptors (Lipinski definition) is 4. The molecule has 0 unspecified atom stereocenters. The first kappa shape index (κ1) is 16.2. The fourth-order valence-electron chi connectivity index (χ4n) is 2.07. The van der Waals surface area contributed by atoms with E-state index in [1.54, 1.807) is 0 Å². The van der Waals surface area contributed by atoms with Crippen LogP contribution in [-0.2, 0) is 16.0 Å². The molecule has 5 heteroatoms. The van der Waals surface area contributed by atoms with Crippen molar-refractivity contribution in [2.24, 2.45) is 0 Å². The van der Waals surface area contributed by atoms with E-state index in [2.05, 4.69) is 5.32 Å². The fourth-order valence-corrected chi connectivity index (χ4v) is 3.08. The van der Waals surface area contributed by atoms with E-state index >= 15 is 0 Å². The highest BCUT2D eigenvalue weighted by atomic mass is 32.1. The molecule has 1 aromatic carbocycles. The Labute approximate surface area is 134 Å². The molecule has 116 valence electrons. The third-order valence-corrected chi connectivity index (χ3v) is 4.66. The van der Waals surface area contributed by atoms with Gasteiger partial charge in [0.05, 0.1) is 0 Å². The van der Waals surface area contributed by atoms with Crippen LogP contribution in [0.1, 0.15) is 32.6 Å². The van der Waals surface area contributed by atoms with Gasteiger partial charge in [-0.05, 0) is 43.5 Å². The largest absolute Gasteiger partial charge is 0.451 e. The van der Waals surface area contributed by atoms with Crippen molar-refractivity contribution < 1.29 is 14.3 Å². The number of para-hydroxylation sites is 1. The molecule has 4 nitrogen and oxygen atoms in total. The number of thiophene rings is 1. The summed E-state index contributed by atoms with van der Waals surface area (Å²) in [5, 5.41) is 2.73. The zero-order chi connectivity index (χ0) is 16.1. The second-order valence-corrected chi connectivity index (χ2v) is 6.15. The first-order valence-electron chi connectivity index (χ1n) is 7.13. The lowest BCUT2D eigenvalue weighted by molar-refractivity contribution is -0.119. The smallest absolute Gasteiger partial charge is 0.348 e. The second kappa shape index (κ2) is 7.22. The highest BCUT2D eigenvalue weighted by molar-refractivity contribution is 7.14. The SMILES string of the molecule is CCc1sc(C(=O)OCC(=O)Nc2ccccc2C)cc1C. The van der Waals surface area contributed by atoms with Gasteiger partial charge in [0.15, 0.2) is 6.61 Å². The highest BCUT2D eigenvalue weighted by Gasteiger charge is 2.15. The van der Waals surface area contributed by atoms with Crippen LogP contribution in [0.25, 0.3) is 0 Å². The number of amides is 1. The molecule has 22 heavy (non-hydrogen) atoms. The fraction of sp³-hybridized carbons (Fsp3) is 0.294. The molecule has 0 aliphatic rings. The Morgan fingerprint density at radius 1 is 1.18 bits per heavy atom. The van der Waals surface area contributed by atoms with Crippen LogP contribution in [0, 0.1) is 13.8 Å². The molecule has 0 saturated heterocycles. The molecule has 0 bridgehead atoms. The molecule has 0 saturated carbocycles. The van der Waals surface area contributed by atoms with Crippen molar-refractivity contribution in [1.29, 1.82) is 0 Å². The molecule has 1 heterocycles. The van der Waals surface area contributed by atoms with Crippen LogP contribution in [0.2, 0.25) is 0 Å². The maximum Gasteiger partial charge on any atom is 0.348 e. The van der Waals surface area contributed by atoms with E-state index < -0.39 is 5.97 Å². The van der Waals surface area contributed by atoms with Crippen LogP contribution in [0.5, 0.6) is 0 Å². The van der Waals surface area contributed by atoms with Gasteiger partial charge in [-0.15, -0.1) is 11.3 Å². The Kier molecular flexibility index (Phi) is 5.33. The summed E-state index contributed by atoms with van der Waals surface area (Å²) in [5.41, 5.74) is 2.77. The van der Waals surface area contributed by atoms with Crippen molar-refractivity contribution in [3.63, 3.8) is 0 Å². The zero-order valence-electron chi connectivity index (χ0n) is 12.9. The standard InChI is InChI=1S/C17H19NO3S/c1-4-14-12(3)9-15(22-14)17(20)21-10-16(19)18-13-8-6-5-7-11(13)2/h5-9H,4,10H2,1-3H3,(H,18,19). The minimum Gasteiger partial charge on any atom is -0.451 e. The number of aryl methyl sites for hydroxylation is 3. The number of rotatable bonds is 5. The lowest BCUT2D eigenvalue weighted by Gasteiger charge is -2.08. The number of nitrogens with one attached hydrogen (secondary N) is 1. The highest BCUT2D eigenvalue weighted by Crippen LogP contribution is 2.23. The van der Waals surface area contributed by atoms with Crippen LogP contribution < -0.4 is 5.32 Å². The van der Waals surface area contributed by atoms with Gasteiger partial charge in [0, 0.05) is 10.6 Å². The maximum absolute atomic E-state index is 12.0. The summed E-state index contributed by atoms with van der Waals surface area (Å²) < 4.78 is 5.07. The summed E-state index contributed by atoms with van der Waals surface area (Å²) in [4.78, 5) is 25.5. The number of hydrogen-bond donors (Lipinski definition) is 1.